The van der Waals surface area contributed by atoms with Crippen LogP contribution < -0.4 is 10.1 Å². The van der Waals surface area contributed by atoms with Crippen molar-refractivity contribution in [2.45, 2.75) is 13.3 Å². The number of ether oxygens (including phenoxy) is 1. The average molecular weight is 305 g/mol. The Morgan fingerprint density at radius 2 is 1.95 bits per heavy atom. The molecule has 0 spiro atoms. The number of hydrogen-bond donors (Lipinski definition) is 2. The van der Waals surface area contributed by atoms with Crippen LogP contribution in [0.3, 0.4) is 0 Å². The number of amides is 1. The molecule has 0 radical (unpaired) electrons. The highest BCUT2D eigenvalue weighted by Gasteiger charge is 2.14. The van der Waals surface area contributed by atoms with Gasteiger partial charge in [0.2, 0.25) is 0 Å². The normalized spacial score (nSPS) is 10.1. The molecule has 0 saturated heterocycles. The van der Waals surface area contributed by atoms with Crippen molar-refractivity contribution in [3.8, 4) is 5.75 Å². The Bertz CT molecular complexity index is 633. The Morgan fingerprint density at radius 1 is 1.24 bits per heavy atom. The summed E-state index contributed by atoms with van der Waals surface area (Å²) >= 11 is 1.06. The molecule has 110 valence electrons. The van der Waals surface area contributed by atoms with Crippen molar-refractivity contribution < 1.29 is 19.4 Å². The van der Waals surface area contributed by atoms with Crippen LogP contribution in [0, 0.1) is 0 Å². The maximum Gasteiger partial charge on any atom is 0.349 e. The van der Waals surface area contributed by atoms with Gasteiger partial charge in [0.25, 0.3) is 5.91 Å². The van der Waals surface area contributed by atoms with Crippen molar-refractivity contribution >= 4 is 28.9 Å². The lowest BCUT2D eigenvalue weighted by Crippen LogP contribution is -2.20. The molecule has 1 aromatic carbocycles. The predicted octanol–water partition coefficient (Wildman–Crippen LogP) is 3.03. The molecule has 0 bridgehead atoms. The predicted molar refractivity (Wildman–Crippen MR) is 81.2 cm³/mol. The van der Waals surface area contributed by atoms with Gasteiger partial charge in [0.05, 0.1) is 0 Å². The van der Waals surface area contributed by atoms with Crippen LogP contribution in [0.4, 0.5) is 5.69 Å². The highest BCUT2D eigenvalue weighted by molar-refractivity contribution is 7.12. The number of anilines is 1. The quantitative estimate of drug-likeness (QED) is 0.860. The van der Waals surface area contributed by atoms with Gasteiger partial charge in [-0.3, -0.25) is 4.79 Å². The summed E-state index contributed by atoms with van der Waals surface area (Å²) in [5.41, 5.74) is 1.87. The lowest BCUT2D eigenvalue weighted by molar-refractivity contribution is -0.118. The topological polar surface area (TPSA) is 75.6 Å². The van der Waals surface area contributed by atoms with Crippen LogP contribution in [-0.4, -0.2) is 23.6 Å². The number of hydrogen-bond acceptors (Lipinski definition) is 4. The van der Waals surface area contributed by atoms with Gasteiger partial charge in [-0.05, 0) is 35.6 Å². The molecule has 1 amide bonds. The van der Waals surface area contributed by atoms with E-state index in [1.165, 1.54) is 11.6 Å². The minimum absolute atomic E-state index is 0.0927. The Hall–Kier alpha value is -2.34. The fourth-order valence-corrected chi connectivity index (χ4v) is 2.40. The monoisotopic (exact) mass is 305 g/mol. The molecule has 0 aliphatic carbocycles. The Balaban J connectivity index is 1.89. The molecule has 5 nitrogen and oxygen atoms in total. The zero-order chi connectivity index (χ0) is 15.2. The van der Waals surface area contributed by atoms with Crippen LogP contribution in [-0.2, 0) is 11.2 Å². The van der Waals surface area contributed by atoms with E-state index in [-0.39, 0.29) is 23.1 Å². The molecule has 6 heteroatoms. The Kier molecular flexibility index (Phi) is 4.94. The molecular weight excluding hydrogens is 290 g/mol. The van der Waals surface area contributed by atoms with Gasteiger partial charge in [0.15, 0.2) is 11.5 Å². The van der Waals surface area contributed by atoms with Crippen molar-refractivity contribution in [1.82, 2.24) is 0 Å². The van der Waals surface area contributed by atoms with Gasteiger partial charge in [-0.25, -0.2) is 4.79 Å². The van der Waals surface area contributed by atoms with E-state index in [1.807, 2.05) is 24.3 Å². The average Bonchev–Trinajstić information content (AvgIpc) is 2.94. The molecule has 0 fully saturated rings. The molecular formula is C15H15NO4S. The maximum atomic E-state index is 11.8. The summed E-state index contributed by atoms with van der Waals surface area (Å²) in [4.78, 5) is 22.8. The molecule has 1 heterocycles. The minimum atomic E-state index is -1.06. The van der Waals surface area contributed by atoms with E-state index in [4.69, 9.17) is 9.84 Å². The second kappa shape index (κ2) is 6.90. The Morgan fingerprint density at radius 3 is 2.57 bits per heavy atom. The zero-order valence-corrected chi connectivity index (χ0v) is 12.3. The summed E-state index contributed by atoms with van der Waals surface area (Å²) in [6.07, 6.45) is 0.938. The number of rotatable bonds is 6. The first-order valence-corrected chi connectivity index (χ1v) is 7.30. The third kappa shape index (κ3) is 4.06. The lowest BCUT2D eigenvalue weighted by atomic mass is 10.1. The number of carbonyl (C=O) groups is 2. The number of carboxylic acid groups (broad SMARTS) is 1. The van der Waals surface area contributed by atoms with Gasteiger partial charge >= 0.3 is 5.97 Å². The van der Waals surface area contributed by atoms with Gasteiger partial charge in [0, 0.05) is 5.69 Å². The Labute approximate surface area is 126 Å². The number of benzene rings is 1. The van der Waals surface area contributed by atoms with E-state index < -0.39 is 5.97 Å². The van der Waals surface area contributed by atoms with E-state index >= 15 is 0 Å². The zero-order valence-electron chi connectivity index (χ0n) is 11.5. The number of carboxylic acids is 1. The van der Waals surface area contributed by atoms with Crippen LogP contribution in [0.25, 0.3) is 0 Å². The number of carbonyl (C=O) groups excluding carboxylic acids is 1. The third-order valence-corrected chi connectivity index (χ3v) is 3.71. The SMILES string of the molecule is CCc1ccc(NC(=O)COc2ccsc2C(=O)O)cc1. The highest BCUT2D eigenvalue weighted by Crippen LogP contribution is 2.24. The molecule has 21 heavy (non-hydrogen) atoms. The first-order valence-electron chi connectivity index (χ1n) is 6.42. The first kappa shape index (κ1) is 15.1. The van der Waals surface area contributed by atoms with E-state index in [9.17, 15) is 9.59 Å². The van der Waals surface area contributed by atoms with Gasteiger partial charge in [-0.15, -0.1) is 11.3 Å². The van der Waals surface area contributed by atoms with E-state index in [1.54, 1.807) is 5.38 Å². The van der Waals surface area contributed by atoms with Crippen molar-refractivity contribution in [2.24, 2.45) is 0 Å². The molecule has 2 rings (SSSR count). The summed E-state index contributed by atoms with van der Waals surface area (Å²) in [5, 5.41) is 13.2. The van der Waals surface area contributed by atoms with E-state index in [0.717, 1.165) is 17.8 Å². The molecule has 0 aliphatic heterocycles. The van der Waals surface area contributed by atoms with Gasteiger partial charge in [-0.1, -0.05) is 19.1 Å². The van der Waals surface area contributed by atoms with Crippen LogP contribution in [0.1, 0.15) is 22.2 Å². The van der Waals surface area contributed by atoms with Crippen molar-refractivity contribution in [1.29, 1.82) is 0 Å². The number of aryl methyl sites for hydroxylation is 1. The summed E-state index contributed by atoms with van der Waals surface area (Å²) in [5.74, 6) is -1.18. The van der Waals surface area contributed by atoms with E-state index in [0.29, 0.717) is 5.69 Å². The molecule has 1 aromatic heterocycles. The number of nitrogens with one attached hydrogen (secondary N) is 1. The molecule has 0 saturated carbocycles. The van der Waals surface area contributed by atoms with Crippen molar-refractivity contribution in [3.63, 3.8) is 0 Å². The van der Waals surface area contributed by atoms with Gasteiger partial charge in [0.1, 0.15) is 5.75 Å². The lowest BCUT2D eigenvalue weighted by Gasteiger charge is -2.07. The minimum Gasteiger partial charge on any atom is -0.482 e. The van der Waals surface area contributed by atoms with Crippen LogP contribution in [0.2, 0.25) is 0 Å². The molecule has 2 N–H and O–H groups in total. The maximum absolute atomic E-state index is 11.8. The van der Waals surface area contributed by atoms with Crippen LogP contribution >= 0.6 is 11.3 Å². The molecule has 0 aliphatic rings. The largest absolute Gasteiger partial charge is 0.482 e. The fourth-order valence-electron chi connectivity index (χ4n) is 1.73. The second-order valence-electron chi connectivity index (χ2n) is 4.31. The summed E-state index contributed by atoms with van der Waals surface area (Å²) in [6.45, 7) is 1.83. The standard InChI is InChI=1S/C15H15NO4S/c1-2-10-3-5-11(6-4-10)16-13(17)9-20-12-7-8-21-14(12)15(18)19/h3-8H,2,9H2,1H3,(H,16,17)(H,18,19). The molecule has 0 unspecified atom stereocenters. The summed E-state index contributed by atoms with van der Waals surface area (Å²) < 4.78 is 5.23. The third-order valence-electron chi connectivity index (χ3n) is 2.83. The van der Waals surface area contributed by atoms with E-state index in [2.05, 4.69) is 12.2 Å². The molecule has 0 atom stereocenters. The number of aromatic carboxylic acids is 1. The smallest absolute Gasteiger partial charge is 0.349 e. The number of thiophene rings is 1. The van der Waals surface area contributed by atoms with Gasteiger partial charge in [-0.2, -0.15) is 0 Å². The summed E-state index contributed by atoms with van der Waals surface area (Å²) in [7, 11) is 0. The van der Waals surface area contributed by atoms with Gasteiger partial charge < -0.3 is 15.2 Å². The summed E-state index contributed by atoms with van der Waals surface area (Å²) in [6, 6.07) is 9.07. The fraction of sp³-hybridized carbons (Fsp3) is 0.200. The second-order valence-corrected chi connectivity index (χ2v) is 5.22. The van der Waals surface area contributed by atoms with Crippen molar-refractivity contribution in [2.75, 3.05) is 11.9 Å². The highest BCUT2D eigenvalue weighted by atomic mass is 32.1. The molecule has 2 aromatic rings. The first-order chi connectivity index (χ1) is 10.1. The van der Waals surface area contributed by atoms with Crippen LogP contribution in [0.15, 0.2) is 35.7 Å². The van der Waals surface area contributed by atoms with Crippen LogP contribution in [0.5, 0.6) is 5.75 Å². The van der Waals surface area contributed by atoms with Crippen molar-refractivity contribution in [3.05, 3.63) is 46.2 Å².